The summed E-state index contributed by atoms with van der Waals surface area (Å²) < 4.78 is 2.29. The number of rotatable bonds is 2. The van der Waals surface area contributed by atoms with Gasteiger partial charge in [-0.15, -0.1) is 0 Å². The summed E-state index contributed by atoms with van der Waals surface area (Å²) in [6.07, 6.45) is 0. The van der Waals surface area contributed by atoms with Crippen molar-refractivity contribution in [3.05, 3.63) is 17.2 Å². The topological polar surface area (TPSA) is 36.3 Å². The van der Waals surface area contributed by atoms with Crippen LogP contribution in [0.2, 0.25) is 0 Å². The van der Waals surface area contributed by atoms with Crippen molar-refractivity contribution in [2.75, 3.05) is 32.7 Å². The Kier molecular flexibility index (Phi) is 3.84. The molecule has 0 spiro atoms. The van der Waals surface area contributed by atoms with Crippen LogP contribution >= 0.6 is 0 Å². The molecule has 5 nitrogen and oxygen atoms in total. The van der Waals surface area contributed by atoms with Crippen molar-refractivity contribution in [2.45, 2.75) is 39.4 Å². The highest BCUT2D eigenvalue weighted by atomic mass is 15.3. The monoisotopic (exact) mass is 277 g/mol. The summed E-state index contributed by atoms with van der Waals surface area (Å²) in [5.74, 6) is 1.13. The molecule has 1 aromatic heterocycles. The highest BCUT2D eigenvalue weighted by Crippen LogP contribution is 2.28. The Morgan fingerprint density at radius 2 is 1.90 bits per heavy atom. The molecule has 1 unspecified atom stereocenters. The van der Waals surface area contributed by atoms with E-state index in [0.29, 0.717) is 12.1 Å². The maximum absolute atomic E-state index is 4.70. The zero-order valence-corrected chi connectivity index (χ0v) is 13.2. The van der Waals surface area contributed by atoms with Gasteiger partial charge in [-0.2, -0.15) is 0 Å². The van der Waals surface area contributed by atoms with Gasteiger partial charge in [0.15, 0.2) is 0 Å². The van der Waals surface area contributed by atoms with Gasteiger partial charge in [0, 0.05) is 52.4 Å². The molecular weight excluding hydrogens is 250 g/mol. The third-order valence-corrected chi connectivity index (χ3v) is 4.90. The van der Waals surface area contributed by atoms with Gasteiger partial charge in [0.1, 0.15) is 5.82 Å². The first kappa shape index (κ1) is 14.0. The smallest absolute Gasteiger partial charge is 0.105 e. The highest BCUT2D eigenvalue weighted by Gasteiger charge is 2.32. The molecule has 0 radical (unpaired) electrons. The zero-order chi connectivity index (χ0) is 14.3. The van der Waals surface area contributed by atoms with Crippen molar-refractivity contribution in [3.8, 4) is 0 Å². The van der Waals surface area contributed by atoms with E-state index >= 15 is 0 Å². The van der Waals surface area contributed by atoms with E-state index in [4.69, 9.17) is 4.98 Å². The summed E-state index contributed by atoms with van der Waals surface area (Å²) in [7, 11) is 2.16. The Bertz CT molecular complexity index is 471. The molecule has 0 bridgehead atoms. The summed E-state index contributed by atoms with van der Waals surface area (Å²) >= 11 is 0. The van der Waals surface area contributed by atoms with E-state index in [0.717, 1.165) is 32.0 Å². The standard InChI is InChI=1S/C15H27N5/c1-11(2)19-5-7-20(8-6-19)14-10-16-9-13-15(14)18(4)12(3)17-13/h11,14,16H,5-10H2,1-4H3. The Morgan fingerprint density at radius 3 is 2.55 bits per heavy atom. The van der Waals surface area contributed by atoms with E-state index in [-0.39, 0.29) is 0 Å². The van der Waals surface area contributed by atoms with Crippen molar-refractivity contribution >= 4 is 0 Å². The third-order valence-electron chi connectivity index (χ3n) is 4.90. The molecule has 1 saturated heterocycles. The summed E-state index contributed by atoms with van der Waals surface area (Å²) in [4.78, 5) is 9.90. The van der Waals surface area contributed by atoms with Crippen LogP contribution in [0.15, 0.2) is 0 Å². The number of aryl methyl sites for hydroxylation is 1. The average molecular weight is 277 g/mol. The van der Waals surface area contributed by atoms with Crippen molar-refractivity contribution < 1.29 is 0 Å². The minimum atomic E-state index is 0.485. The van der Waals surface area contributed by atoms with Crippen molar-refractivity contribution in [1.82, 2.24) is 24.7 Å². The van der Waals surface area contributed by atoms with E-state index in [9.17, 15) is 0 Å². The molecule has 3 rings (SSSR count). The Labute approximate surface area is 122 Å². The molecule has 1 fully saturated rings. The summed E-state index contributed by atoms with van der Waals surface area (Å²) in [5.41, 5.74) is 2.67. The van der Waals surface area contributed by atoms with Crippen LogP contribution in [0.3, 0.4) is 0 Å². The van der Waals surface area contributed by atoms with Crippen molar-refractivity contribution in [1.29, 1.82) is 0 Å². The lowest BCUT2D eigenvalue weighted by atomic mass is 10.0. The van der Waals surface area contributed by atoms with Crippen molar-refractivity contribution in [3.63, 3.8) is 0 Å². The molecule has 5 heteroatoms. The fourth-order valence-electron chi connectivity index (χ4n) is 3.53. The van der Waals surface area contributed by atoms with Crippen LogP contribution < -0.4 is 5.32 Å². The molecule has 1 atom stereocenters. The Hall–Kier alpha value is -0.910. The van der Waals surface area contributed by atoms with Gasteiger partial charge >= 0.3 is 0 Å². The van der Waals surface area contributed by atoms with Gasteiger partial charge in [-0.3, -0.25) is 9.80 Å². The number of piperazine rings is 1. The first-order valence-corrected chi connectivity index (χ1v) is 7.79. The SMILES string of the molecule is Cc1nc2c(n1C)C(N1CCN(C(C)C)CC1)CNC2. The first-order valence-electron chi connectivity index (χ1n) is 7.79. The molecule has 112 valence electrons. The maximum Gasteiger partial charge on any atom is 0.105 e. The molecule has 20 heavy (non-hydrogen) atoms. The first-order chi connectivity index (χ1) is 9.58. The molecule has 3 heterocycles. The van der Waals surface area contributed by atoms with Crippen LogP contribution in [0, 0.1) is 6.92 Å². The van der Waals surface area contributed by atoms with Gasteiger partial charge in [0.05, 0.1) is 17.4 Å². The van der Waals surface area contributed by atoms with Gasteiger partial charge in [-0.05, 0) is 20.8 Å². The Balaban J connectivity index is 1.77. The van der Waals surface area contributed by atoms with E-state index in [1.807, 2.05) is 0 Å². The molecule has 0 aromatic carbocycles. The summed E-state index contributed by atoms with van der Waals surface area (Å²) in [5, 5.41) is 3.53. The van der Waals surface area contributed by atoms with E-state index < -0.39 is 0 Å². The van der Waals surface area contributed by atoms with Gasteiger partial charge in [0.2, 0.25) is 0 Å². The molecule has 1 aromatic rings. The minimum absolute atomic E-state index is 0.485. The van der Waals surface area contributed by atoms with Crippen LogP contribution in [0.4, 0.5) is 0 Å². The molecule has 2 aliphatic heterocycles. The summed E-state index contributed by atoms with van der Waals surface area (Å²) in [6, 6.07) is 1.15. The number of nitrogens with one attached hydrogen (secondary N) is 1. The van der Waals surface area contributed by atoms with Gasteiger partial charge in [0.25, 0.3) is 0 Å². The third kappa shape index (κ3) is 2.38. The van der Waals surface area contributed by atoms with Crippen LogP contribution in [-0.4, -0.2) is 58.1 Å². The number of imidazole rings is 1. The largest absolute Gasteiger partial charge is 0.334 e. The lowest BCUT2D eigenvalue weighted by Gasteiger charge is -2.42. The van der Waals surface area contributed by atoms with Crippen LogP contribution in [0.5, 0.6) is 0 Å². The predicted octanol–water partition coefficient (Wildman–Crippen LogP) is 0.899. The number of hydrogen-bond acceptors (Lipinski definition) is 4. The molecule has 0 saturated carbocycles. The van der Waals surface area contributed by atoms with Crippen LogP contribution in [0.1, 0.15) is 37.1 Å². The molecular formula is C15H27N5. The minimum Gasteiger partial charge on any atom is -0.334 e. The van der Waals surface area contributed by atoms with Crippen LogP contribution in [-0.2, 0) is 13.6 Å². The predicted molar refractivity (Wildman–Crippen MR) is 80.7 cm³/mol. The second-order valence-electron chi connectivity index (χ2n) is 6.36. The molecule has 0 amide bonds. The number of nitrogens with zero attached hydrogens (tertiary/aromatic N) is 4. The molecule has 0 aliphatic carbocycles. The second-order valence-corrected chi connectivity index (χ2v) is 6.36. The fraction of sp³-hybridized carbons (Fsp3) is 0.800. The van der Waals surface area contributed by atoms with Gasteiger partial charge in [-0.25, -0.2) is 4.98 Å². The van der Waals surface area contributed by atoms with E-state index in [1.165, 1.54) is 24.5 Å². The number of hydrogen-bond donors (Lipinski definition) is 1. The normalized spacial score (nSPS) is 25.1. The summed E-state index contributed by atoms with van der Waals surface area (Å²) in [6.45, 7) is 13.3. The van der Waals surface area contributed by atoms with Crippen molar-refractivity contribution in [2.24, 2.45) is 7.05 Å². The second kappa shape index (κ2) is 5.47. The van der Waals surface area contributed by atoms with Gasteiger partial charge in [-0.1, -0.05) is 0 Å². The molecule has 2 aliphatic rings. The zero-order valence-electron chi connectivity index (χ0n) is 13.2. The van der Waals surface area contributed by atoms with E-state index in [2.05, 4.69) is 47.5 Å². The number of fused-ring (bicyclic) bond motifs is 1. The Morgan fingerprint density at radius 1 is 1.20 bits per heavy atom. The maximum atomic E-state index is 4.70. The van der Waals surface area contributed by atoms with Crippen LogP contribution in [0.25, 0.3) is 0 Å². The quantitative estimate of drug-likeness (QED) is 0.871. The van der Waals surface area contributed by atoms with Gasteiger partial charge < -0.3 is 9.88 Å². The van der Waals surface area contributed by atoms with E-state index in [1.54, 1.807) is 0 Å². The highest BCUT2D eigenvalue weighted by molar-refractivity contribution is 5.23. The lowest BCUT2D eigenvalue weighted by Crippen LogP contribution is -2.52. The lowest BCUT2D eigenvalue weighted by molar-refractivity contribution is 0.0722. The fourth-order valence-corrected chi connectivity index (χ4v) is 3.53. The molecule has 1 N–H and O–H groups in total. The average Bonchev–Trinajstić information content (AvgIpc) is 2.74. The number of aromatic nitrogens is 2.